The van der Waals surface area contributed by atoms with Gasteiger partial charge in [0.25, 0.3) is 0 Å². The van der Waals surface area contributed by atoms with Gasteiger partial charge in [0.2, 0.25) is 10.0 Å². The zero-order chi connectivity index (χ0) is 12.9. The third-order valence-corrected chi connectivity index (χ3v) is 4.87. The summed E-state index contributed by atoms with van der Waals surface area (Å²) in [7, 11) is -3.46. The standard InChI is InChI=1S/C10H19NO5S/c12-7-2-4-9-3-1-6-11(9)17(15,16)8-5-10(13)14/h9,12H,1-8H2,(H,13,14). The summed E-state index contributed by atoms with van der Waals surface area (Å²) in [4.78, 5) is 10.4. The number of carboxylic acid groups (broad SMARTS) is 1. The molecule has 17 heavy (non-hydrogen) atoms. The third-order valence-electron chi connectivity index (χ3n) is 2.95. The molecule has 1 saturated heterocycles. The fraction of sp³-hybridized carbons (Fsp3) is 0.900. The Bertz CT molecular complexity index is 354. The van der Waals surface area contributed by atoms with Gasteiger partial charge in [-0.1, -0.05) is 0 Å². The van der Waals surface area contributed by atoms with Gasteiger partial charge in [-0.05, 0) is 25.7 Å². The smallest absolute Gasteiger partial charge is 0.304 e. The van der Waals surface area contributed by atoms with Gasteiger partial charge in [-0.2, -0.15) is 4.31 Å². The third kappa shape index (κ3) is 4.25. The summed E-state index contributed by atoms with van der Waals surface area (Å²) in [6, 6.07) is -0.0686. The molecule has 0 bridgehead atoms. The maximum Gasteiger partial charge on any atom is 0.304 e. The number of hydrogen-bond donors (Lipinski definition) is 2. The van der Waals surface area contributed by atoms with Crippen LogP contribution in [0.2, 0.25) is 0 Å². The molecule has 2 N–H and O–H groups in total. The van der Waals surface area contributed by atoms with E-state index < -0.39 is 16.0 Å². The van der Waals surface area contributed by atoms with Gasteiger partial charge in [0.15, 0.2) is 0 Å². The molecular weight excluding hydrogens is 246 g/mol. The van der Waals surface area contributed by atoms with Gasteiger partial charge in [0, 0.05) is 19.2 Å². The van der Waals surface area contributed by atoms with Crippen LogP contribution >= 0.6 is 0 Å². The maximum atomic E-state index is 11.9. The summed E-state index contributed by atoms with van der Waals surface area (Å²) in [5, 5.41) is 17.3. The predicted octanol–water partition coefficient (Wildman–Crippen LogP) is 0.0278. The molecule has 7 heteroatoms. The van der Waals surface area contributed by atoms with Crippen molar-refractivity contribution in [2.45, 2.75) is 38.1 Å². The van der Waals surface area contributed by atoms with Gasteiger partial charge in [0.05, 0.1) is 12.2 Å². The highest BCUT2D eigenvalue weighted by atomic mass is 32.2. The molecule has 1 atom stereocenters. The Kier molecular flexibility index (Phi) is 5.35. The molecule has 0 aromatic rings. The number of rotatable bonds is 7. The monoisotopic (exact) mass is 265 g/mol. The van der Waals surface area contributed by atoms with Crippen molar-refractivity contribution < 1.29 is 23.4 Å². The van der Waals surface area contributed by atoms with Crippen LogP contribution in [0.1, 0.15) is 32.1 Å². The van der Waals surface area contributed by atoms with Crippen LogP contribution in [0.4, 0.5) is 0 Å². The van der Waals surface area contributed by atoms with Crippen LogP contribution in [-0.4, -0.2) is 53.9 Å². The average Bonchev–Trinajstić information content (AvgIpc) is 2.72. The first-order valence-electron chi connectivity index (χ1n) is 5.79. The van der Waals surface area contributed by atoms with Crippen LogP contribution in [0.3, 0.4) is 0 Å². The van der Waals surface area contributed by atoms with Crippen LogP contribution in [0.15, 0.2) is 0 Å². The summed E-state index contributed by atoms with van der Waals surface area (Å²) in [6.07, 6.45) is 2.47. The van der Waals surface area contributed by atoms with Gasteiger partial charge in [0.1, 0.15) is 0 Å². The second-order valence-corrected chi connectivity index (χ2v) is 6.27. The normalized spacial score (nSPS) is 21.8. The maximum absolute atomic E-state index is 11.9. The van der Waals surface area contributed by atoms with Crippen LogP contribution < -0.4 is 0 Å². The van der Waals surface area contributed by atoms with Gasteiger partial charge < -0.3 is 10.2 Å². The molecule has 0 aromatic carbocycles. The zero-order valence-corrected chi connectivity index (χ0v) is 10.5. The molecule has 0 radical (unpaired) electrons. The number of carboxylic acids is 1. The van der Waals surface area contributed by atoms with Crippen LogP contribution in [0, 0.1) is 0 Å². The van der Waals surface area contributed by atoms with Crippen LogP contribution in [0.5, 0.6) is 0 Å². The van der Waals surface area contributed by atoms with Crippen molar-refractivity contribution in [1.29, 1.82) is 0 Å². The molecule has 1 aliphatic rings. The Balaban J connectivity index is 2.59. The lowest BCUT2D eigenvalue weighted by Gasteiger charge is -2.23. The van der Waals surface area contributed by atoms with Crippen molar-refractivity contribution in [1.82, 2.24) is 4.31 Å². The molecule has 1 aliphatic heterocycles. The molecule has 1 unspecified atom stereocenters. The first-order valence-corrected chi connectivity index (χ1v) is 7.40. The Morgan fingerprint density at radius 1 is 1.41 bits per heavy atom. The molecule has 100 valence electrons. The number of carbonyl (C=O) groups is 1. The number of sulfonamides is 1. The van der Waals surface area contributed by atoms with Gasteiger partial charge in [-0.25, -0.2) is 8.42 Å². The van der Waals surface area contributed by atoms with Gasteiger partial charge in [-0.15, -0.1) is 0 Å². The first-order chi connectivity index (χ1) is 7.97. The van der Waals surface area contributed by atoms with Crippen molar-refractivity contribution in [3.63, 3.8) is 0 Å². The minimum Gasteiger partial charge on any atom is -0.481 e. The highest BCUT2D eigenvalue weighted by molar-refractivity contribution is 7.89. The van der Waals surface area contributed by atoms with E-state index in [0.29, 0.717) is 19.4 Å². The molecule has 1 rings (SSSR count). The minimum atomic E-state index is -3.46. The molecule has 6 nitrogen and oxygen atoms in total. The Morgan fingerprint density at radius 2 is 2.12 bits per heavy atom. The predicted molar refractivity (Wildman–Crippen MR) is 62.1 cm³/mol. The molecule has 0 aliphatic carbocycles. The first kappa shape index (κ1) is 14.4. The van der Waals surface area contributed by atoms with E-state index in [0.717, 1.165) is 12.8 Å². The average molecular weight is 265 g/mol. The number of aliphatic hydroxyl groups is 1. The molecule has 0 saturated carbocycles. The zero-order valence-electron chi connectivity index (χ0n) is 9.71. The van der Waals surface area contributed by atoms with Crippen LogP contribution in [0.25, 0.3) is 0 Å². The molecule has 0 spiro atoms. The van der Waals surface area contributed by atoms with Crippen molar-refractivity contribution in [2.75, 3.05) is 18.9 Å². The van der Waals surface area contributed by atoms with Crippen molar-refractivity contribution in [3.8, 4) is 0 Å². The van der Waals surface area contributed by atoms with E-state index in [1.165, 1.54) is 4.31 Å². The largest absolute Gasteiger partial charge is 0.481 e. The number of nitrogens with zero attached hydrogens (tertiary/aromatic N) is 1. The summed E-state index contributed by atoms with van der Waals surface area (Å²) in [6.45, 7) is 0.525. The van der Waals surface area contributed by atoms with Crippen molar-refractivity contribution in [2.24, 2.45) is 0 Å². The molecule has 1 fully saturated rings. The Morgan fingerprint density at radius 3 is 2.71 bits per heavy atom. The van der Waals surface area contributed by atoms with E-state index in [4.69, 9.17) is 10.2 Å². The van der Waals surface area contributed by atoms with E-state index in [-0.39, 0.29) is 24.8 Å². The molecule has 1 heterocycles. The van der Waals surface area contributed by atoms with Crippen molar-refractivity contribution in [3.05, 3.63) is 0 Å². The van der Waals surface area contributed by atoms with E-state index in [1.807, 2.05) is 0 Å². The number of aliphatic hydroxyl groups excluding tert-OH is 1. The lowest BCUT2D eigenvalue weighted by molar-refractivity contribution is -0.136. The van der Waals surface area contributed by atoms with E-state index in [2.05, 4.69) is 0 Å². The second-order valence-electron chi connectivity index (χ2n) is 4.23. The van der Waals surface area contributed by atoms with Crippen LogP contribution in [-0.2, 0) is 14.8 Å². The summed E-state index contributed by atoms with van der Waals surface area (Å²) in [5.41, 5.74) is 0. The molecular formula is C10H19NO5S. The topological polar surface area (TPSA) is 94.9 Å². The quantitative estimate of drug-likeness (QED) is 0.677. The molecule has 0 aromatic heterocycles. The summed E-state index contributed by atoms with van der Waals surface area (Å²) >= 11 is 0. The van der Waals surface area contributed by atoms with E-state index >= 15 is 0 Å². The molecule has 0 amide bonds. The van der Waals surface area contributed by atoms with E-state index in [9.17, 15) is 13.2 Å². The van der Waals surface area contributed by atoms with Crippen molar-refractivity contribution >= 4 is 16.0 Å². The lowest BCUT2D eigenvalue weighted by Crippen LogP contribution is -2.37. The summed E-state index contributed by atoms with van der Waals surface area (Å²) in [5.74, 6) is -1.43. The minimum absolute atomic E-state index is 0.0551. The van der Waals surface area contributed by atoms with Gasteiger partial charge >= 0.3 is 5.97 Å². The summed E-state index contributed by atoms with van der Waals surface area (Å²) < 4.78 is 25.2. The fourth-order valence-electron chi connectivity index (χ4n) is 2.12. The van der Waals surface area contributed by atoms with E-state index in [1.54, 1.807) is 0 Å². The highest BCUT2D eigenvalue weighted by Gasteiger charge is 2.33. The van der Waals surface area contributed by atoms with Gasteiger partial charge in [-0.3, -0.25) is 4.79 Å². The SMILES string of the molecule is O=C(O)CCS(=O)(=O)N1CCCC1CCCO. The number of hydrogen-bond acceptors (Lipinski definition) is 4. The lowest BCUT2D eigenvalue weighted by atomic mass is 10.1. The Labute approximate surface area is 101 Å². The second kappa shape index (κ2) is 6.32. The highest BCUT2D eigenvalue weighted by Crippen LogP contribution is 2.24. The number of aliphatic carboxylic acids is 1. The Hall–Kier alpha value is -0.660. The fourth-order valence-corrected chi connectivity index (χ4v) is 3.86.